The van der Waals surface area contributed by atoms with Crippen LogP contribution in [-0.4, -0.2) is 26.6 Å². The maximum absolute atomic E-state index is 12.9. The molecule has 0 saturated heterocycles. The topological polar surface area (TPSA) is 63.4 Å². The summed E-state index contributed by atoms with van der Waals surface area (Å²) in [6.07, 6.45) is 3.62. The van der Waals surface area contributed by atoms with Crippen LogP contribution in [0.25, 0.3) is 23.0 Å². The number of carbonyl (C=O) groups is 1. The first-order valence-electron chi connectivity index (χ1n) is 9.94. The molecule has 0 atom stereocenters. The molecule has 0 bridgehead atoms. The van der Waals surface area contributed by atoms with Crippen molar-refractivity contribution in [2.75, 3.05) is 5.01 Å². The van der Waals surface area contributed by atoms with Crippen LogP contribution in [0.3, 0.4) is 0 Å². The molecule has 6 nitrogen and oxygen atoms in total. The molecule has 1 aromatic heterocycles. The molecular formula is C25H19N5O. The fourth-order valence-corrected chi connectivity index (χ4v) is 3.54. The molecule has 5 rings (SSSR count). The third kappa shape index (κ3) is 3.55. The summed E-state index contributed by atoms with van der Waals surface area (Å²) in [7, 11) is 0. The summed E-state index contributed by atoms with van der Waals surface area (Å²) in [4.78, 5) is 12.9. The molecule has 2 heterocycles. The molecule has 31 heavy (non-hydrogen) atoms. The molecule has 3 aromatic carbocycles. The molecule has 0 spiro atoms. The standard InChI is InChI=1S/C25H19N5O/c1-18-23(25(31)30(27-18)21-10-6-3-7-11-21)16-19-12-14-22(15-13-19)29-24(17-26-28-29)20-8-4-2-5-9-20/h2-17H,1H3/b23-16+. The molecule has 0 unspecified atom stereocenters. The number of nitrogens with zero attached hydrogens (tertiary/aromatic N) is 5. The molecule has 0 aliphatic carbocycles. The summed E-state index contributed by atoms with van der Waals surface area (Å²) in [5.41, 5.74) is 5.81. The van der Waals surface area contributed by atoms with Crippen LogP contribution in [-0.2, 0) is 4.79 Å². The van der Waals surface area contributed by atoms with E-state index >= 15 is 0 Å². The Morgan fingerprint density at radius 2 is 1.48 bits per heavy atom. The van der Waals surface area contributed by atoms with Gasteiger partial charge in [-0.15, -0.1) is 5.10 Å². The van der Waals surface area contributed by atoms with Crippen molar-refractivity contribution in [1.29, 1.82) is 0 Å². The van der Waals surface area contributed by atoms with E-state index in [2.05, 4.69) is 15.4 Å². The number of benzene rings is 3. The first-order chi connectivity index (χ1) is 15.2. The maximum atomic E-state index is 12.9. The SMILES string of the molecule is CC1=NN(c2ccccc2)C(=O)/C1=C/c1ccc(-n2nncc2-c2ccccc2)cc1. The van der Waals surface area contributed by atoms with Crippen LogP contribution in [0, 0.1) is 0 Å². The third-order valence-electron chi connectivity index (χ3n) is 5.13. The molecular weight excluding hydrogens is 386 g/mol. The van der Waals surface area contributed by atoms with E-state index in [1.54, 1.807) is 10.9 Å². The summed E-state index contributed by atoms with van der Waals surface area (Å²) in [6, 6.07) is 27.3. The number of hydrogen-bond acceptors (Lipinski definition) is 4. The normalized spacial score (nSPS) is 14.9. The van der Waals surface area contributed by atoms with E-state index in [0.717, 1.165) is 28.2 Å². The minimum absolute atomic E-state index is 0.129. The zero-order chi connectivity index (χ0) is 21.2. The molecule has 6 heteroatoms. The van der Waals surface area contributed by atoms with Crippen LogP contribution >= 0.6 is 0 Å². The molecule has 150 valence electrons. The summed E-state index contributed by atoms with van der Waals surface area (Å²) in [5.74, 6) is -0.129. The number of hydrogen-bond donors (Lipinski definition) is 0. The number of carbonyl (C=O) groups excluding carboxylic acids is 1. The zero-order valence-electron chi connectivity index (χ0n) is 16.9. The van der Waals surface area contributed by atoms with Crippen molar-refractivity contribution < 1.29 is 4.79 Å². The fourth-order valence-electron chi connectivity index (χ4n) is 3.54. The predicted molar refractivity (Wildman–Crippen MR) is 122 cm³/mol. The van der Waals surface area contributed by atoms with Gasteiger partial charge in [0.1, 0.15) is 0 Å². The lowest BCUT2D eigenvalue weighted by Crippen LogP contribution is -2.21. The Labute approximate surface area is 179 Å². The first-order valence-corrected chi connectivity index (χ1v) is 9.94. The highest BCUT2D eigenvalue weighted by molar-refractivity contribution is 6.32. The highest BCUT2D eigenvalue weighted by Crippen LogP contribution is 2.25. The van der Waals surface area contributed by atoms with Crippen LogP contribution in [0.15, 0.2) is 102 Å². The highest BCUT2D eigenvalue weighted by atomic mass is 16.2. The van der Waals surface area contributed by atoms with Crippen molar-refractivity contribution in [1.82, 2.24) is 15.0 Å². The van der Waals surface area contributed by atoms with Gasteiger partial charge in [-0.05, 0) is 42.8 Å². The van der Waals surface area contributed by atoms with E-state index in [0.29, 0.717) is 11.3 Å². The Kier molecular flexibility index (Phi) is 4.72. The Morgan fingerprint density at radius 1 is 0.806 bits per heavy atom. The van der Waals surface area contributed by atoms with Crippen molar-refractivity contribution in [2.45, 2.75) is 6.92 Å². The van der Waals surface area contributed by atoms with E-state index in [4.69, 9.17) is 0 Å². The minimum atomic E-state index is -0.129. The Balaban J connectivity index is 1.42. The Bertz CT molecular complexity index is 1290. The van der Waals surface area contributed by atoms with Crippen LogP contribution in [0.5, 0.6) is 0 Å². The average molecular weight is 405 g/mol. The summed E-state index contributed by atoms with van der Waals surface area (Å²) in [6.45, 7) is 1.85. The van der Waals surface area contributed by atoms with Crippen molar-refractivity contribution in [2.24, 2.45) is 5.10 Å². The molecule has 0 N–H and O–H groups in total. The van der Waals surface area contributed by atoms with Gasteiger partial charge in [-0.3, -0.25) is 4.79 Å². The second kappa shape index (κ2) is 7.84. The van der Waals surface area contributed by atoms with Crippen molar-refractivity contribution >= 4 is 23.4 Å². The summed E-state index contributed by atoms with van der Waals surface area (Å²) in [5, 5.41) is 14.2. The fraction of sp³-hybridized carbons (Fsp3) is 0.0400. The van der Waals surface area contributed by atoms with Crippen LogP contribution in [0.1, 0.15) is 12.5 Å². The lowest BCUT2D eigenvalue weighted by molar-refractivity contribution is -0.114. The van der Waals surface area contributed by atoms with Crippen molar-refractivity contribution in [3.05, 3.63) is 102 Å². The van der Waals surface area contributed by atoms with Gasteiger partial charge in [0.15, 0.2) is 0 Å². The van der Waals surface area contributed by atoms with E-state index in [1.807, 2.05) is 97.9 Å². The van der Waals surface area contributed by atoms with Gasteiger partial charge >= 0.3 is 0 Å². The van der Waals surface area contributed by atoms with Gasteiger partial charge in [-0.25, -0.2) is 4.68 Å². The zero-order valence-corrected chi connectivity index (χ0v) is 16.9. The first kappa shape index (κ1) is 18.7. The van der Waals surface area contributed by atoms with Crippen LogP contribution < -0.4 is 5.01 Å². The van der Waals surface area contributed by atoms with Crippen LogP contribution in [0.4, 0.5) is 5.69 Å². The number of hydrazone groups is 1. The second-order valence-corrected chi connectivity index (χ2v) is 7.18. The average Bonchev–Trinajstić information content (AvgIpc) is 3.42. The lowest BCUT2D eigenvalue weighted by atomic mass is 10.1. The smallest absolute Gasteiger partial charge is 0.267 e. The van der Waals surface area contributed by atoms with Gasteiger partial charge in [-0.1, -0.05) is 65.9 Å². The largest absolute Gasteiger partial charge is 0.280 e. The molecule has 1 amide bonds. The van der Waals surface area contributed by atoms with Crippen molar-refractivity contribution in [3.63, 3.8) is 0 Å². The monoisotopic (exact) mass is 405 g/mol. The van der Waals surface area contributed by atoms with Gasteiger partial charge < -0.3 is 0 Å². The quantitative estimate of drug-likeness (QED) is 0.461. The molecule has 0 radical (unpaired) electrons. The van der Waals surface area contributed by atoms with Crippen molar-refractivity contribution in [3.8, 4) is 16.9 Å². The van der Waals surface area contributed by atoms with Gasteiger partial charge in [0.05, 0.1) is 34.6 Å². The van der Waals surface area contributed by atoms with Crippen LogP contribution in [0.2, 0.25) is 0 Å². The molecule has 1 aliphatic rings. The second-order valence-electron chi connectivity index (χ2n) is 7.18. The van der Waals surface area contributed by atoms with Gasteiger partial charge in [-0.2, -0.15) is 10.1 Å². The van der Waals surface area contributed by atoms with E-state index in [1.165, 1.54) is 5.01 Å². The molecule has 0 saturated carbocycles. The Hall–Kier alpha value is -4.32. The van der Waals surface area contributed by atoms with Gasteiger partial charge in [0.25, 0.3) is 5.91 Å². The lowest BCUT2D eigenvalue weighted by Gasteiger charge is -2.11. The van der Waals surface area contributed by atoms with E-state index in [-0.39, 0.29) is 5.91 Å². The van der Waals surface area contributed by atoms with Gasteiger partial charge in [0.2, 0.25) is 0 Å². The summed E-state index contributed by atoms with van der Waals surface area (Å²) >= 11 is 0. The number of rotatable bonds is 4. The third-order valence-corrected chi connectivity index (χ3v) is 5.13. The Morgan fingerprint density at radius 3 is 2.19 bits per heavy atom. The summed E-state index contributed by atoms with van der Waals surface area (Å²) < 4.78 is 1.80. The molecule has 0 fully saturated rings. The maximum Gasteiger partial charge on any atom is 0.280 e. The number of anilines is 1. The molecule has 4 aromatic rings. The molecule has 1 aliphatic heterocycles. The highest BCUT2D eigenvalue weighted by Gasteiger charge is 2.28. The van der Waals surface area contributed by atoms with E-state index in [9.17, 15) is 4.79 Å². The van der Waals surface area contributed by atoms with Gasteiger partial charge in [0, 0.05) is 5.56 Å². The number of para-hydroxylation sites is 1. The minimum Gasteiger partial charge on any atom is -0.267 e. The van der Waals surface area contributed by atoms with E-state index < -0.39 is 0 Å². The number of amides is 1. The number of aromatic nitrogens is 3. The predicted octanol–water partition coefficient (Wildman–Crippen LogP) is 4.74.